The highest BCUT2D eigenvalue weighted by Crippen LogP contribution is 2.16. The fraction of sp³-hybridized carbons (Fsp3) is 0.538. The second-order valence-electron chi connectivity index (χ2n) is 4.94. The zero-order chi connectivity index (χ0) is 13.3. The van der Waals surface area contributed by atoms with E-state index in [2.05, 4.69) is 46.7 Å². The minimum Gasteiger partial charge on any atom is -0.334 e. The van der Waals surface area contributed by atoms with Crippen molar-refractivity contribution in [3.8, 4) is 0 Å². The second-order valence-corrected chi connectivity index (χ2v) is 5.85. The van der Waals surface area contributed by atoms with Crippen molar-refractivity contribution in [3.05, 3.63) is 28.5 Å². The van der Waals surface area contributed by atoms with Crippen LogP contribution >= 0.6 is 15.9 Å². The largest absolute Gasteiger partial charge is 0.334 e. The molecule has 2 atom stereocenters. The van der Waals surface area contributed by atoms with Crippen LogP contribution < -0.4 is 0 Å². The van der Waals surface area contributed by atoms with Crippen LogP contribution in [0.15, 0.2) is 22.8 Å². The van der Waals surface area contributed by atoms with Crippen molar-refractivity contribution in [2.75, 3.05) is 20.1 Å². The molecule has 98 valence electrons. The molecule has 2 rings (SSSR count). The van der Waals surface area contributed by atoms with E-state index in [1.807, 2.05) is 11.0 Å². The lowest BCUT2D eigenvalue weighted by atomic mass is 10.1. The van der Waals surface area contributed by atoms with E-state index in [1.54, 1.807) is 12.3 Å². The molecule has 0 bridgehead atoms. The van der Waals surface area contributed by atoms with Gasteiger partial charge in [-0.25, -0.2) is 4.98 Å². The van der Waals surface area contributed by atoms with Crippen molar-refractivity contribution in [2.45, 2.75) is 25.9 Å². The number of hydrogen-bond acceptors (Lipinski definition) is 3. The number of carbonyl (C=O) groups is 1. The first-order chi connectivity index (χ1) is 8.49. The molecule has 1 aliphatic rings. The molecule has 1 aromatic heterocycles. The van der Waals surface area contributed by atoms with Crippen LogP contribution in [-0.4, -0.2) is 52.9 Å². The number of rotatable bonds is 1. The molecule has 18 heavy (non-hydrogen) atoms. The first kappa shape index (κ1) is 13.5. The van der Waals surface area contributed by atoms with E-state index >= 15 is 0 Å². The summed E-state index contributed by atoms with van der Waals surface area (Å²) in [7, 11) is 2.11. The highest BCUT2D eigenvalue weighted by Gasteiger charge is 2.30. The predicted molar refractivity (Wildman–Crippen MR) is 74.5 cm³/mol. The monoisotopic (exact) mass is 311 g/mol. The quantitative estimate of drug-likeness (QED) is 0.796. The Bertz CT molecular complexity index is 422. The van der Waals surface area contributed by atoms with Gasteiger partial charge in [0, 0.05) is 35.8 Å². The summed E-state index contributed by atoms with van der Waals surface area (Å²) in [6.07, 6.45) is 1.66. The van der Waals surface area contributed by atoms with E-state index in [4.69, 9.17) is 0 Å². The standard InChI is InChI=1S/C13H18BrN3O/c1-9-7-17(8-10(2)16(9)3)13(18)12-5-4-11(14)6-15-12/h4-6,9-10H,7-8H2,1-3H3. The topological polar surface area (TPSA) is 36.4 Å². The van der Waals surface area contributed by atoms with Gasteiger partial charge in [0.1, 0.15) is 5.69 Å². The van der Waals surface area contributed by atoms with E-state index in [1.165, 1.54) is 0 Å². The molecule has 1 fully saturated rings. The van der Waals surface area contributed by atoms with E-state index in [-0.39, 0.29) is 5.91 Å². The molecule has 1 aliphatic heterocycles. The molecule has 0 spiro atoms. The van der Waals surface area contributed by atoms with Gasteiger partial charge in [-0.3, -0.25) is 9.69 Å². The molecule has 0 aliphatic carbocycles. The zero-order valence-corrected chi connectivity index (χ0v) is 12.5. The average Bonchev–Trinajstić information content (AvgIpc) is 2.35. The number of halogens is 1. The number of nitrogens with zero attached hydrogens (tertiary/aromatic N) is 3. The molecule has 1 amide bonds. The van der Waals surface area contributed by atoms with Crippen LogP contribution in [0.25, 0.3) is 0 Å². The summed E-state index contributed by atoms with van der Waals surface area (Å²) in [4.78, 5) is 20.7. The third-order valence-corrected chi connectivity index (χ3v) is 4.06. The second kappa shape index (κ2) is 5.36. The van der Waals surface area contributed by atoms with Crippen LogP contribution in [0.3, 0.4) is 0 Å². The molecule has 2 heterocycles. The van der Waals surface area contributed by atoms with Crippen LogP contribution in [0, 0.1) is 0 Å². The molecular formula is C13H18BrN3O. The van der Waals surface area contributed by atoms with Gasteiger partial charge in [0.25, 0.3) is 5.91 Å². The van der Waals surface area contributed by atoms with Crippen LogP contribution in [-0.2, 0) is 0 Å². The highest BCUT2D eigenvalue weighted by molar-refractivity contribution is 9.10. The summed E-state index contributed by atoms with van der Waals surface area (Å²) in [5.41, 5.74) is 0.516. The van der Waals surface area contributed by atoms with Gasteiger partial charge in [-0.1, -0.05) is 0 Å². The lowest BCUT2D eigenvalue weighted by Gasteiger charge is -2.42. The van der Waals surface area contributed by atoms with Crippen molar-refractivity contribution in [1.29, 1.82) is 0 Å². The van der Waals surface area contributed by atoms with E-state index < -0.39 is 0 Å². The Morgan fingerprint density at radius 1 is 1.33 bits per heavy atom. The summed E-state index contributed by atoms with van der Waals surface area (Å²) in [6, 6.07) is 4.38. The fourth-order valence-electron chi connectivity index (χ4n) is 2.23. The van der Waals surface area contributed by atoms with Gasteiger partial charge < -0.3 is 4.90 Å². The molecule has 1 aromatic rings. The molecule has 4 nitrogen and oxygen atoms in total. The molecule has 0 saturated carbocycles. The van der Waals surface area contributed by atoms with Crippen molar-refractivity contribution >= 4 is 21.8 Å². The number of aromatic nitrogens is 1. The summed E-state index contributed by atoms with van der Waals surface area (Å²) in [5, 5.41) is 0. The third kappa shape index (κ3) is 2.72. The minimum atomic E-state index is 0.0225. The summed E-state index contributed by atoms with van der Waals surface area (Å²) in [5.74, 6) is 0.0225. The molecule has 0 aromatic carbocycles. The maximum atomic E-state index is 12.3. The molecule has 5 heteroatoms. The Kier molecular flexibility index (Phi) is 4.02. The van der Waals surface area contributed by atoms with Gasteiger partial charge in [0.05, 0.1) is 0 Å². The third-order valence-electron chi connectivity index (χ3n) is 3.59. The Morgan fingerprint density at radius 3 is 2.44 bits per heavy atom. The number of pyridine rings is 1. The van der Waals surface area contributed by atoms with Crippen LogP contribution in [0.4, 0.5) is 0 Å². The minimum absolute atomic E-state index is 0.0225. The highest BCUT2D eigenvalue weighted by atomic mass is 79.9. The summed E-state index contributed by atoms with van der Waals surface area (Å²) < 4.78 is 0.888. The van der Waals surface area contributed by atoms with Crippen molar-refractivity contribution in [3.63, 3.8) is 0 Å². The smallest absolute Gasteiger partial charge is 0.272 e. The fourth-order valence-corrected chi connectivity index (χ4v) is 2.47. The zero-order valence-electron chi connectivity index (χ0n) is 10.9. The van der Waals surface area contributed by atoms with Crippen molar-refractivity contribution in [2.24, 2.45) is 0 Å². The van der Waals surface area contributed by atoms with Crippen LogP contribution in [0.1, 0.15) is 24.3 Å². The number of hydrogen-bond donors (Lipinski definition) is 0. The van der Waals surface area contributed by atoms with Gasteiger partial charge in [0.2, 0.25) is 0 Å². The van der Waals surface area contributed by atoms with E-state index in [9.17, 15) is 4.79 Å². The van der Waals surface area contributed by atoms with Crippen molar-refractivity contribution < 1.29 is 4.79 Å². The van der Waals surface area contributed by atoms with Crippen LogP contribution in [0.5, 0.6) is 0 Å². The van der Waals surface area contributed by atoms with Gasteiger partial charge in [-0.05, 0) is 49.0 Å². The first-order valence-electron chi connectivity index (χ1n) is 6.12. The Morgan fingerprint density at radius 2 is 1.94 bits per heavy atom. The SMILES string of the molecule is CC1CN(C(=O)c2ccc(Br)cn2)CC(C)N1C. The molecule has 0 N–H and O–H groups in total. The predicted octanol–water partition coefficient (Wildman–Crippen LogP) is 2.01. The summed E-state index contributed by atoms with van der Waals surface area (Å²) >= 11 is 3.32. The maximum Gasteiger partial charge on any atom is 0.272 e. The summed E-state index contributed by atoms with van der Waals surface area (Å²) in [6.45, 7) is 5.81. The lowest BCUT2D eigenvalue weighted by molar-refractivity contribution is 0.0409. The Labute approximate surface area is 116 Å². The average molecular weight is 312 g/mol. The molecule has 0 radical (unpaired) electrons. The number of carbonyl (C=O) groups excluding carboxylic acids is 1. The van der Waals surface area contributed by atoms with Gasteiger partial charge in [-0.15, -0.1) is 0 Å². The Hall–Kier alpha value is -0.940. The first-order valence-corrected chi connectivity index (χ1v) is 6.91. The lowest BCUT2D eigenvalue weighted by Crippen LogP contribution is -2.56. The Balaban J connectivity index is 2.12. The number of likely N-dealkylation sites (N-methyl/N-ethyl adjacent to an activating group) is 1. The molecular weight excluding hydrogens is 294 g/mol. The molecule has 1 saturated heterocycles. The molecule has 2 unspecified atom stereocenters. The van der Waals surface area contributed by atoms with Gasteiger partial charge in [-0.2, -0.15) is 0 Å². The van der Waals surface area contributed by atoms with Gasteiger partial charge in [0.15, 0.2) is 0 Å². The van der Waals surface area contributed by atoms with E-state index in [0.717, 1.165) is 17.6 Å². The number of amides is 1. The van der Waals surface area contributed by atoms with Gasteiger partial charge >= 0.3 is 0 Å². The van der Waals surface area contributed by atoms with Crippen LogP contribution in [0.2, 0.25) is 0 Å². The normalized spacial score (nSPS) is 25.2. The van der Waals surface area contributed by atoms with E-state index in [0.29, 0.717) is 17.8 Å². The maximum absolute atomic E-state index is 12.3. The number of piperazine rings is 1. The van der Waals surface area contributed by atoms with Crippen molar-refractivity contribution in [1.82, 2.24) is 14.8 Å².